The highest BCUT2D eigenvalue weighted by atomic mass is 35.5. The summed E-state index contributed by atoms with van der Waals surface area (Å²) in [5.74, 6) is -0.828. The monoisotopic (exact) mass is 291 g/mol. The summed E-state index contributed by atoms with van der Waals surface area (Å²) in [5.41, 5.74) is 1.39. The highest BCUT2D eigenvalue weighted by Gasteiger charge is 2.04. The lowest BCUT2D eigenvalue weighted by Gasteiger charge is -1.99. The molecule has 0 aliphatic heterocycles. The molecule has 3 nitrogen and oxygen atoms in total. The van der Waals surface area contributed by atoms with Gasteiger partial charge in [0.25, 0.3) is 0 Å². The van der Waals surface area contributed by atoms with E-state index in [9.17, 15) is 9.18 Å². The maximum Gasteiger partial charge on any atom is 0.339 e. The maximum atomic E-state index is 12.7. The molecular weight excluding hydrogens is 281 g/mol. The van der Waals surface area contributed by atoms with Crippen LogP contribution in [-0.2, 0) is 16.1 Å². The van der Waals surface area contributed by atoms with Crippen LogP contribution in [-0.4, -0.2) is 12.2 Å². The summed E-state index contributed by atoms with van der Waals surface area (Å²) < 4.78 is 12.7. The molecule has 0 heterocycles. The Morgan fingerprint density at radius 3 is 2.70 bits per heavy atom. The van der Waals surface area contributed by atoms with Crippen LogP contribution in [0.2, 0.25) is 5.02 Å². The minimum absolute atomic E-state index is 0.0846. The third kappa shape index (κ3) is 4.48. The number of halogens is 2. The fraction of sp³-hybridized carbons (Fsp3) is 0.0667. The van der Waals surface area contributed by atoms with Gasteiger partial charge in [0.1, 0.15) is 5.82 Å². The van der Waals surface area contributed by atoms with Crippen molar-refractivity contribution in [3.05, 3.63) is 70.5 Å². The smallest absolute Gasteiger partial charge is 0.318 e. The number of carbonyl (C=O) groups is 1. The summed E-state index contributed by atoms with van der Waals surface area (Å²) >= 11 is 5.81. The topological polar surface area (TPSA) is 38.7 Å². The average Bonchev–Trinajstić information content (AvgIpc) is 2.41. The minimum Gasteiger partial charge on any atom is -0.318 e. The van der Waals surface area contributed by atoms with Gasteiger partial charge >= 0.3 is 5.97 Å². The van der Waals surface area contributed by atoms with E-state index in [1.165, 1.54) is 30.5 Å². The lowest BCUT2D eigenvalue weighted by atomic mass is 10.2. The second-order valence-electron chi connectivity index (χ2n) is 4.06. The molecule has 0 aromatic heterocycles. The molecule has 0 bridgehead atoms. The Kier molecular flexibility index (Phi) is 4.85. The summed E-state index contributed by atoms with van der Waals surface area (Å²) in [7, 11) is 0. The first-order valence-electron chi connectivity index (χ1n) is 5.87. The zero-order valence-corrected chi connectivity index (χ0v) is 11.2. The largest absolute Gasteiger partial charge is 0.339 e. The molecule has 0 unspecified atom stereocenters. The number of nitrogens with zero attached hydrogens (tertiary/aromatic N) is 1. The third-order valence-corrected chi connectivity index (χ3v) is 2.70. The molecule has 2 aromatic rings. The number of oxime groups is 1. The lowest BCUT2D eigenvalue weighted by Crippen LogP contribution is -2.04. The van der Waals surface area contributed by atoms with Crippen molar-refractivity contribution >= 4 is 23.8 Å². The normalized spacial score (nSPS) is 10.7. The highest BCUT2D eigenvalue weighted by Crippen LogP contribution is 2.11. The number of rotatable bonds is 4. The van der Waals surface area contributed by atoms with Crippen LogP contribution >= 0.6 is 11.6 Å². The Balaban J connectivity index is 1.87. The molecule has 5 heteroatoms. The van der Waals surface area contributed by atoms with Crippen LogP contribution in [0.25, 0.3) is 0 Å². The van der Waals surface area contributed by atoms with Gasteiger partial charge in [0.05, 0.1) is 12.6 Å². The van der Waals surface area contributed by atoms with Crippen LogP contribution in [0.1, 0.15) is 11.1 Å². The van der Waals surface area contributed by atoms with Gasteiger partial charge in [0, 0.05) is 5.02 Å². The Morgan fingerprint density at radius 1 is 1.25 bits per heavy atom. The van der Waals surface area contributed by atoms with Crippen molar-refractivity contribution in [3.8, 4) is 0 Å². The first-order chi connectivity index (χ1) is 9.63. The lowest BCUT2D eigenvalue weighted by molar-refractivity contribution is -0.142. The molecule has 102 valence electrons. The highest BCUT2D eigenvalue weighted by molar-refractivity contribution is 6.30. The molecule has 0 fully saturated rings. The predicted octanol–water partition coefficient (Wildman–Crippen LogP) is 3.60. The summed E-state index contributed by atoms with van der Waals surface area (Å²) in [6, 6.07) is 12.6. The van der Waals surface area contributed by atoms with Crippen LogP contribution in [0.4, 0.5) is 4.39 Å². The molecule has 0 aliphatic carbocycles. The minimum atomic E-state index is -0.495. The fourth-order valence-electron chi connectivity index (χ4n) is 1.54. The number of hydrogen-bond acceptors (Lipinski definition) is 3. The fourth-order valence-corrected chi connectivity index (χ4v) is 1.75. The molecular formula is C15H11ClFNO2. The van der Waals surface area contributed by atoms with Crippen molar-refractivity contribution in [1.82, 2.24) is 0 Å². The van der Waals surface area contributed by atoms with Gasteiger partial charge < -0.3 is 4.84 Å². The van der Waals surface area contributed by atoms with E-state index in [4.69, 9.17) is 16.4 Å². The molecule has 20 heavy (non-hydrogen) atoms. The Labute approximate surface area is 120 Å². The summed E-state index contributed by atoms with van der Waals surface area (Å²) in [6.45, 7) is 0. The van der Waals surface area contributed by atoms with E-state index in [-0.39, 0.29) is 12.2 Å². The molecule has 0 amide bonds. The predicted molar refractivity (Wildman–Crippen MR) is 75.2 cm³/mol. The van der Waals surface area contributed by atoms with E-state index >= 15 is 0 Å². The molecule has 0 saturated heterocycles. The van der Waals surface area contributed by atoms with Gasteiger partial charge in [-0.2, -0.15) is 0 Å². The third-order valence-electron chi connectivity index (χ3n) is 2.46. The standard InChI is InChI=1S/C15H11ClFNO2/c16-13-3-1-2-12(8-13)9-15(19)20-18-10-11-4-6-14(17)7-5-11/h1-8,10H,9H2/b18-10+. The van der Waals surface area contributed by atoms with E-state index in [0.29, 0.717) is 10.6 Å². The van der Waals surface area contributed by atoms with Gasteiger partial charge in [-0.3, -0.25) is 0 Å². The first-order valence-corrected chi connectivity index (χ1v) is 6.24. The molecule has 0 spiro atoms. The number of hydrogen-bond donors (Lipinski definition) is 0. The second kappa shape index (κ2) is 6.82. The number of benzene rings is 2. The Bertz CT molecular complexity index is 626. The van der Waals surface area contributed by atoms with Crippen LogP contribution < -0.4 is 0 Å². The summed E-state index contributed by atoms with van der Waals surface area (Å²) in [6.07, 6.45) is 1.43. The van der Waals surface area contributed by atoms with Gasteiger partial charge in [-0.25, -0.2) is 9.18 Å². The Hall–Kier alpha value is -2.20. The SMILES string of the molecule is O=C(Cc1cccc(Cl)c1)O/N=C/c1ccc(F)cc1. The van der Waals surface area contributed by atoms with Gasteiger partial charge in [-0.05, 0) is 35.4 Å². The Morgan fingerprint density at radius 2 is 2.00 bits per heavy atom. The summed E-state index contributed by atoms with van der Waals surface area (Å²) in [5, 5.41) is 4.12. The summed E-state index contributed by atoms with van der Waals surface area (Å²) in [4.78, 5) is 16.2. The van der Waals surface area contributed by atoms with E-state index < -0.39 is 5.97 Å². The van der Waals surface area contributed by atoms with Gasteiger partial charge in [0.15, 0.2) is 0 Å². The van der Waals surface area contributed by atoms with E-state index in [1.54, 1.807) is 24.3 Å². The molecule has 2 rings (SSSR count). The molecule has 0 radical (unpaired) electrons. The van der Waals surface area contributed by atoms with Crippen LogP contribution in [0.15, 0.2) is 53.7 Å². The number of carbonyl (C=O) groups excluding carboxylic acids is 1. The molecule has 0 N–H and O–H groups in total. The molecule has 0 aliphatic rings. The van der Waals surface area contributed by atoms with Crippen molar-refractivity contribution < 1.29 is 14.0 Å². The zero-order chi connectivity index (χ0) is 14.4. The van der Waals surface area contributed by atoms with Gasteiger partial charge in [-0.1, -0.05) is 41.0 Å². The molecule has 0 saturated carbocycles. The van der Waals surface area contributed by atoms with Gasteiger partial charge in [-0.15, -0.1) is 0 Å². The van der Waals surface area contributed by atoms with Crippen molar-refractivity contribution in [2.24, 2.45) is 5.16 Å². The molecule has 0 atom stereocenters. The van der Waals surface area contributed by atoms with Crippen LogP contribution in [0.5, 0.6) is 0 Å². The van der Waals surface area contributed by atoms with Crippen molar-refractivity contribution in [2.45, 2.75) is 6.42 Å². The van der Waals surface area contributed by atoms with Crippen LogP contribution in [0, 0.1) is 5.82 Å². The van der Waals surface area contributed by atoms with Gasteiger partial charge in [0.2, 0.25) is 0 Å². The van der Waals surface area contributed by atoms with Crippen LogP contribution in [0.3, 0.4) is 0 Å². The van der Waals surface area contributed by atoms with E-state index in [1.807, 2.05) is 0 Å². The first kappa shape index (κ1) is 14.2. The molecule has 2 aromatic carbocycles. The quantitative estimate of drug-likeness (QED) is 0.490. The average molecular weight is 292 g/mol. The van der Waals surface area contributed by atoms with E-state index in [0.717, 1.165) is 5.56 Å². The van der Waals surface area contributed by atoms with Crippen molar-refractivity contribution in [3.63, 3.8) is 0 Å². The zero-order valence-electron chi connectivity index (χ0n) is 10.4. The maximum absolute atomic E-state index is 12.7. The second-order valence-corrected chi connectivity index (χ2v) is 4.49. The van der Waals surface area contributed by atoms with E-state index in [2.05, 4.69) is 5.16 Å². The van der Waals surface area contributed by atoms with Crippen molar-refractivity contribution in [1.29, 1.82) is 0 Å². The van der Waals surface area contributed by atoms with Crippen molar-refractivity contribution in [2.75, 3.05) is 0 Å².